The van der Waals surface area contributed by atoms with Crippen molar-refractivity contribution in [1.29, 1.82) is 0 Å². The Morgan fingerprint density at radius 1 is 1.23 bits per heavy atom. The summed E-state index contributed by atoms with van der Waals surface area (Å²) in [5, 5.41) is 5.93. The highest BCUT2D eigenvalue weighted by atomic mass is 32.1. The number of hydrazone groups is 1. The molecule has 160 valence electrons. The van der Waals surface area contributed by atoms with Gasteiger partial charge in [-0.25, -0.2) is 5.43 Å². The monoisotopic (exact) mass is 431 g/mol. The van der Waals surface area contributed by atoms with Gasteiger partial charge in [-0.05, 0) is 42.1 Å². The highest BCUT2D eigenvalue weighted by Crippen LogP contribution is 2.28. The van der Waals surface area contributed by atoms with Gasteiger partial charge >= 0.3 is 0 Å². The first-order valence-corrected chi connectivity index (χ1v) is 10.6. The maximum atomic E-state index is 12.3. The van der Waals surface area contributed by atoms with Crippen LogP contribution < -0.4 is 14.9 Å². The molecule has 2 aromatic rings. The molecule has 3 rings (SSSR count). The highest BCUT2D eigenvalue weighted by Gasteiger charge is 2.18. The van der Waals surface area contributed by atoms with Crippen LogP contribution in [0.25, 0.3) is 0 Å². The maximum Gasteiger partial charge on any atom is 0.260 e. The van der Waals surface area contributed by atoms with E-state index in [0.717, 1.165) is 10.4 Å². The minimum Gasteiger partial charge on any atom is -0.490 e. The molecule has 0 bridgehead atoms. The van der Waals surface area contributed by atoms with Crippen LogP contribution in [-0.2, 0) is 20.7 Å². The first-order chi connectivity index (χ1) is 14.7. The molecule has 9 heteroatoms. The van der Waals surface area contributed by atoms with Crippen LogP contribution in [0.5, 0.6) is 11.5 Å². The molecule has 8 nitrogen and oxygen atoms in total. The number of carbonyl (C=O) groups excluding carboxylic acids is 2. The number of amides is 2. The summed E-state index contributed by atoms with van der Waals surface area (Å²) in [6.45, 7) is 4.51. The first-order valence-electron chi connectivity index (χ1n) is 9.75. The van der Waals surface area contributed by atoms with Crippen molar-refractivity contribution >= 4 is 29.4 Å². The summed E-state index contributed by atoms with van der Waals surface area (Å²) in [6, 6.07) is 9.08. The third-order valence-corrected chi connectivity index (χ3v) is 5.18. The maximum absolute atomic E-state index is 12.3. The molecule has 0 aliphatic carbocycles. The molecule has 1 aromatic carbocycles. The molecule has 1 aromatic heterocycles. The number of ether oxygens (including phenoxy) is 3. The Morgan fingerprint density at radius 2 is 2.07 bits per heavy atom. The SMILES string of the molecule is CCOc1cc(/C=N\NC(=O)Cc2cccs2)ccc1OCC(=O)N1CCOCC1. The van der Waals surface area contributed by atoms with E-state index < -0.39 is 0 Å². The minimum atomic E-state index is -0.180. The molecular formula is C21H25N3O5S. The number of hydrogen-bond donors (Lipinski definition) is 1. The number of hydrogen-bond acceptors (Lipinski definition) is 7. The first kappa shape index (κ1) is 21.8. The van der Waals surface area contributed by atoms with Crippen molar-refractivity contribution in [3.8, 4) is 11.5 Å². The lowest BCUT2D eigenvalue weighted by molar-refractivity contribution is -0.137. The average Bonchev–Trinajstić information content (AvgIpc) is 3.27. The summed E-state index contributed by atoms with van der Waals surface area (Å²) in [5.41, 5.74) is 3.25. The van der Waals surface area contributed by atoms with Crippen LogP contribution >= 0.6 is 11.3 Å². The highest BCUT2D eigenvalue weighted by molar-refractivity contribution is 7.10. The number of nitrogens with one attached hydrogen (secondary N) is 1. The molecular weight excluding hydrogens is 406 g/mol. The summed E-state index contributed by atoms with van der Waals surface area (Å²) in [4.78, 5) is 26.9. The van der Waals surface area contributed by atoms with Gasteiger partial charge in [0.25, 0.3) is 5.91 Å². The van der Waals surface area contributed by atoms with E-state index in [2.05, 4.69) is 10.5 Å². The smallest absolute Gasteiger partial charge is 0.260 e. The zero-order chi connectivity index (χ0) is 21.2. The van der Waals surface area contributed by atoms with E-state index in [4.69, 9.17) is 14.2 Å². The lowest BCUT2D eigenvalue weighted by Gasteiger charge is -2.26. The Kier molecular flexibility index (Phi) is 8.22. The van der Waals surface area contributed by atoms with E-state index >= 15 is 0 Å². The molecule has 0 unspecified atom stereocenters. The van der Waals surface area contributed by atoms with E-state index in [1.807, 2.05) is 24.4 Å². The van der Waals surface area contributed by atoms with E-state index in [1.54, 1.807) is 23.1 Å². The number of carbonyl (C=O) groups is 2. The molecule has 0 spiro atoms. The molecule has 0 radical (unpaired) electrons. The molecule has 0 saturated carbocycles. The van der Waals surface area contributed by atoms with Gasteiger partial charge in [-0.2, -0.15) is 5.10 Å². The molecule has 1 saturated heterocycles. The lowest BCUT2D eigenvalue weighted by atomic mass is 10.2. The quantitative estimate of drug-likeness (QED) is 0.485. The van der Waals surface area contributed by atoms with Crippen molar-refractivity contribution in [2.24, 2.45) is 5.10 Å². The molecule has 1 fully saturated rings. The fourth-order valence-corrected chi connectivity index (χ4v) is 3.53. The van der Waals surface area contributed by atoms with Gasteiger partial charge in [0.2, 0.25) is 5.91 Å². The topological polar surface area (TPSA) is 89.5 Å². The Morgan fingerprint density at radius 3 is 2.80 bits per heavy atom. The van der Waals surface area contributed by atoms with Gasteiger partial charge in [-0.3, -0.25) is 9.59 Å². The Bertz CT molecular complexity index is 864. The lowest BCUT2D eigenvalue weighted by Crippen LogP contribution is -2.43. The third kappa shape index (κ3) is 6.57. The van der Waals surface area contributed by atoms with Crippen molar-refractivity contribution in [2.75, 3.05) is 39.5 Å². The predicted molar refractivity (Wildman–Crippen MR) is 114 cm³/mol. The van der Waals surface area contributed by atoms with Crippen LogP contribution in [0.2, 0.25) is 0 Å². The summed E-state index contributed by atoms with van der Waals surface area (Å²) in [7, 11) is 0. The zero-order valence-corrected chi connectivity index (χ0v) is 17.7. The molecule has 1 aliphatic heterocycles. The molecule has 2 heterocycles. The van der Waals surface area contributed by atoms with Gasteiger partial charge in [0.15, 0.2) is 18.1 Å². The van der Waals surface area contributed by atoms with E-state index in [-0.39, 0.29) is 18.4 Å². The summed E-state index contributed by atoms with van der Waals surface area (Å²) in [6.07, 6.45) is 1.83. The second kappa shape index (κ2) is 11.3. The van der Waals surface area contributed by atoms with Gasteiger partial charge in [-0.15, -0.1) is 11.3 Å². The number of benzene rings is 1. The van der Waals surface area contributed by atoms with Crippen molar-refractivity contribution in [3.05, 3.63) is 46.2 Å². The number of nitrogens with zero attached hydrogens (tertiary/aromatic N) is 2. The Balaban J connectivity index is 1.55. The second-order valence-electron chi connectivity index (χ2n) is 6.47. The van der Waals surface area contributed by atoms with Crippen molar-refractivity contribution in [1.82, 2.24) is 10.3 Å². The van der Waals surface area contributed by atoms with Crippen LogP contribution in [0, 0.1) is 0 Å². The fraction of sp³-hybridized carbons (Fsp3) is 0.381. The van der Waals surface area contributed by atoms with Gasteiger partial charge in [0.1, 0.15) is 0 Å². The van der Waals surface area contributed by atoms with Gasteiger partial charge in [0, 0.05) is 18.0 Å². The normalized spacial score (nSPS) is 14.0. The largest absolute Gasteiger partial charge is 0.490 e. The van der Waals surface area contributed by atoms with Gasteiger partial charge < -0.3 is 19.1 Å². The van der Waals surface area contributed by atoms with E-state index in [9.17, 15) is 9.59 Å². The average molecular weight is 432 g/mol. The standard InChI is InChI=1S/C21H25N3O5S/c1-2-28-19-12-16(14-22-23-20(25)13-17-4-3-11-30-17)5-6-18(19)29-15-21(26)24-7-9-27-10-8-24/h3-6,11-12,14H,2,7-10,13,15H2,1H3,(H,23,25)/b22-14-. The second-order valence-corrected chi connectivity index (χ2v) is 7.50. The van der Waals surface area contributed by atoms with E-state index in [1.165, 1.54) is 17.6 Å². The summed E-state index contributed by atoms with van der Waals surface area (Å²) < 4.78 is 16.6. The number of rotatable bonds is 9. The van der Waals surface area contributed by atoms with Crippen LogP contribution in [0.1, 0.15) is 17.4 Å². The Labute approximate surface area is 179 Å². The van der Waals surface area contributed by atoms with Crippen LogP contribution in [0.4, 0.5) is 0 Å². The van der Waals surface area contributed by atoms with Crippen LogP contribution in [-0.4, -0.2) is 62.4 Å². The fourth-order valence-electron chi connectivity index (χ4n) is 2.83. The number of morpholine rings is 1. The van der Waals surface area contributed by atoms with Gasteiger partial charge in [0.05, 0.1) is 32.5 Å². The molecule has 1 aliphatic rings. The predicted octanol–water partition coefficient (Wildman–Crippen LogP) is 2.08. The van der Waals surface area contributed by atoms with Crippen molar-refractivity contribution in [2.45, 2.75) is 13.3 Å². The third-order valence-electron chi connectivity index (χ3n) is 4.30. The summed E-state index contributed by atoms with van der Waals surface area (Å²) in [5.74, 6) is 0.735. The minimum absolute atomic E-state index is 0.0632. The molecule has 0 atom stereocenters. The van der Waals surface area contributed by atoms with Crippen molar-refractivity contribution in [3.63, 3.8) is 0 Å². The van der Waals surface area contributed by atoms with Crippen LogP contribution in [0.15, 0.2) is 40.8 Å². The molecule has 1 N–H and O–H groups in total. The summed E-state index contributed by atoms with van der Waals surface area (Å²) >= 11 is 1.53. The zero-order valence-electron chi connectivity index (χ0n) is 16.8. The Hall–Kier alpha value is -2.91. The molecule has 2 amide bonds. The van der Waals surface area contributed by atoms with Crippen molar-refractivity contribution < 1.29 is 23.8 Å². The number of thiophene rings is 1. The molecule has 30 heavy (non-hydrogen) atoms. The van der Waals surface area contributed by atoms with E-state index in [0.29, 0.717) is 50.8 Å². The van der Waals surface area contributed by atoms with Crippen LogP contribution in [0.3, 0.4) is 0 Å². The van der Waals surface area contributed by atoms with Gasteiger partial charge in [-0.1, -0.05) is 6.07 Å².